The van der Waals surface area contributed by atoms with E-state index < -0.39 is 17.0 Å². The third-order valence-corrected chi connectivity index (χ3v) is 6.77. The number of thiophene rings is 1. The number of carbonyl (C=O) groups excluding carboxylic acids is 1. The molecule has 0 bridgehead atoms. The Labute approximate surface area is 180 Å². The molecule has 3 heterocycles. The number of aromatic nitrogens is 5. The molecule has 0 spiro atoms. The van der Waals surface area contributed by atoms with Gasteiger partial charge in [0.05, 0.1) is 10.6 Å². The number of hydrogen-bond donors (Lipinski definition) is 1. The minimum absolute atomic E-state index is 0.0148. The third kappa shape index (κ3) is 3.63. The lowest BCUT2D eigenvalue weighted by Crippen LogP contribution is -2.42. The maximum atomic E-state index is 12.9. The van der Waals surface area contributed by atoms with E-state index in [1.54, 1.807) is 11.3 Å². The fourth-order valence-corrected chi connectivity index (χ4v) is 4.88. The number of rotatable bonds is 8. The van der Waals surface area contributed by atoms with Crippen LogP contribution in [0.3, 0.4) is 0 Å². The Balaban J connectivity index is 1.62. The van der Waals surface area contributed by atoms with E-state index in [1.807, 2.05) is 24.4 Å². The van der Waals surface area contributed by atoms with Gasteiger partial charge in [-0.3, -0.25) is 23.3 Å². The van der Waals surface area contributed by atoms with Crippen molar-refractivity contribution in [1.29, 1.82) is 0 Å². The van der Waals surface area contributed by atoms with Crippen LogP contribution in [0.4, 0.5) is 5.82 Å². The minimum atomic E-state index is -0.668. The van der Waals surface area contributed by atoms with Gasteiger partial charge in [0.1, 0.15) is 11.4 Å². The van der Waals surface area contributed by atoms with Gasteiger partial charge in [0, 0.05) is 19.6 Å². The van der Waals surface area contributed by atoms with Crippen LogP contribution in [0.25, 0.3) is 10.7 Å². The predicted molar refractivity (Wildman–Crippen MR) is 117 cm³/mol. The molecule has 11 heteroatoms. The van der Waals surface area contributed by atoms with Gasteiger partial charge >= 0.3 is 5.69 Å². The monoisotopic (exact) mass is 446 g/mol. The van der Waals surface area contributed by atoms with Crippen molar-refractivity contribution >= 4 is 34.7 Å². The molecule has 1 aliphatic rings. The second kappa shape index (κ2) is 8.23. The molecule has 0 radical (unpaired) electrons. The van der Waals surface area contributed by atoms with Gasteiger partial charge in [-0.25, -0.2) is 4.79 Å². The molecule has 1 aliphatic carbocycles. The Morgan fingerprint density at radius 3 is 2.73 bits per heavy atom. The van der Waals surface area contributed by atoms with E-state index in [2.05, 4.69) is 14.8 Å². The summed E-state index contributed by atoms with van der Waals surface area (Å²) < 4.78 is 4.29. The molecule has 1 fully saturated rings. The van der Waals surface area contributed by atoms with E-state index in [0.717, 1.165) is 28.1 Å². The summed E-state index contributed by atoms with van der Waals surface area (Å²) in [7, 11) is 1.36. The molecule has 3 aromatic heterocycles. The zero-order valence-corrected chi connectivity index (χ0v) is 18.3. The molecule has 0 aromatic carbocycles. The van der Waals surface area contributed by atoms with Crippen LogP contribution in [-0.2, 0) is 13.6 Å². The SMILES string of the molecule is CCCn1c(N)c(C(=O)CSc2nnc(-c3cccs3)n2C2CC2)c(=O)n(C)c1=O. The molecule has 0 aliphatic heterocycles. The number of hydrogen-bond acceptors (Lipinski definition) is 8. The largest absolute Gasteiger partial charge is 0.384 e. The normalized spacial score (nSPS) is 13.7. The third-order valence-electron chi connectivity index (χ3n) is 4.96. The zero-order valence-electron chi connectivity index (χ0n) is 16.7. The summed E-state index contributed by atoms with van der Waals surface area (Å²) in [6, 6.07) is 4.29. The number of thioether (sulfide) groups is 1. The number of nitrogens with two attached hydrogens (primary N) is 1. The lowest BCUT2D eigenvalue weighted by Gasteiger charge is -2.13. The molecular formula is C19H22N6O3S2. The van der Waals surface area contributed by atoms with Crippen LogP contribution in [0.15, 0.2) is 32.3 Å². The molecule has 0 amide bonds. The standard InChI is InChI=1S/C19H22N6O3S2/c1-3-8-24-15(20)14(17(27)23(2)19(24)28)12(26)10-30-18-22-21-16(13-5-4-9-29-13)25(18)11-6-7-11/h4-5,9,11H,3,6-8,10,20H2,1-2H3. The van der Waals surface area contributed by atoms with Crippen molar-refractivity contribution in [3.05, 3.63) is 43.9 Å². The van der Waals surface area contributed by atoms with E-state index in [4.69, 9.17) is 5.73 Å². The number of nitrogens with zero attached hydrogens (tertiary/aromatic N) is 5. The van der Waals surface area contributed by atoms with Crippen molar-refractivity contribution in [2.45, 2.75) is 43.9 Å². The molecule has 0 saturated heterocycles. The molecule has 158 valence electrons. The molecule has 3 aromatic rings. The number of ketones is 1. The van der Waals surface area contributed by atoms with Crippen LogP contribution in [0.2, 0.25) is 0 Å². The summed E-state index contributed by atoms with van der Waals surface area (Å²) in [5.74, 6) is 0.290. The van der Waals surface area contributed by atoms with E-state index >= 15 is 0 Å². The Kier molecular flexibility index (Phi) is 5.65. The fourth-order valence-electron chi connectivity index (χ4n) is 3.30. The molecule has 2 N–H and O–H groups in total. The molecule has 30 heavy (non-hydrogen) atoms. The first-order valence-corrected chi connectivity index (χ1v) is 11.5. The maximum Gasteiger partial charge on any atom is 0.332 e. The van der Waals surface area contributed by atoms with Gasteiger partial charge in [-0.05, 0) is 30.7 Å². The Morgan fingerprint density at radius 1 is 1.33 bits per heavy atom. The fraction of sp³-hybridized carbons (Fsp3) is 0.421. The van der Waals surface area contributed by atoms with E-state index in [1.165, 1.54) is 23.4 Å². The maximum absolute atomic E-state index is 12.9. The average molecular weight is 447 g/mol. The number of Topliss-reactive ketones (excluding diaryl/α,β-unsaturated/α-hetero) is 1. The second-order valence-electron chi connectivity index (χ2n) is 7.16. The Bertz CT molecular complexity index is 1200. The van der Waals surface area contributed by atoms with Gasteiger partial charge in [-0.2, -0.15) is 0 Å². The van der Waals surface area contributed by atoms with Gasteiger partial charge in [-0.15, -0.1) is 21.5 Å². The van der Waals surface area contributed by atoms with Gasteiger partial charge < -0.3 is 5.73 Å². The summed E-state index contributed by atoms with van der Waals surface area (Å²) in [6.07, 6.45) is 2.75. The van der Waals surface area contributed by atoms with Crippen molar-refractivity contribution in [3.63, 3.8) is 0 Å². The first-order valence-electron chi connectivity index (χ1n) is 9.68. The predicted octanol–water partition coefficient (Wildman–Crippen LogP) is 2.17. The van der Waals surface area contributed by atoms with Gasteiger partial charge in [0.25, 0.3) is 5.56 Å². The molecule has 0 atom stereocenters. The van der Waals surface area contributed by atoms with Crippen LogP contribution in [0.1, 0.15) is 42.6 Å². The van der Waals surface area contributed by atoms with Gasteiger partial charge in [-0.1, -0.05) is 24.8 Å². The average Bonchev–Trinajstić information content (AvgIpc) is 3.25. The van der Waals surface area contributed by atoms with Gasteiger partial charge in [0.2, 0.25) is 0 Å². The van der Waals surface area contributed by atoms with Crippen LogP contribution >= 0.6 is 23.1 Å². The topological polar surface area (TPSA) is 118 Å². The number of nitrogen functional groups attached to an aromatic ring is 1. The summed E-state index contributed by atoms with van der Waals surface area (Å²) in [6.45, 7) is 2.23. The Hall–Kier alpha value is -2.66. The Morgan fingerprint density at radius 2 is 2.10 bits per heavy atom. The highest BCUT2D eigenvalue weighted by atomic mass is 32.2. The lowest BCUT2D eigenvalue weighted by atomic mass is 10.2. The van der Waals surface area contributed by atoms with Crippen LogP contribution in [-0.4, -0.2) is 35.4 Å². The molecule has 9 nitrogen and oxygen atoms in total. The second-order valence-corrected chi connectivity index (χ2v) is 9.05. The molecule has 1 saturated carbocycles. The molecule has 4 rings (SSSR count). The van der Waals surface area contributed by atoms with Crippen molar-refractivity contribution in [3.8, 4) is 10.7 Å². The lowest BCUT2D eigenvalue weighted by molar-refractivity contribution is 0.102. The van der Waals surface area contributed by atoms with Crippen molar-refractivity contribution in [2.75, 3.05) is 11.5 Å². The number of carbonyl (C=O) groups is 1. The highest BCUT2D eigenvalue weighted by molar-refractivity contribution is 7.99. The van der Waals surface area contributed by atoms with Crippen molar-refractivity contribution in [1.82, 2.24) is 23.9 Å². The van der Waals surface area contributed by atoms with Crippen LogP contribution in [0, 0.1) is 0 Å². The van der Waals surface area contributed by atoms with E-state index in [0.29, 0.717) is 24.2 Å². The highest BCUT2D eigenvalue weighted by Crippen LogP contribution is 2.41. The summed E-state index contributed by atoms with van der Waals surface area (Å²) in [5.41, 5.74) is 4.73. The zero-order chi connectivity index (χ0) is 21.4. The summed E-state index contributed by atoms with van der Waals surface area (Å²) in [4.78, 5) is 38.8. The first kappa shape index (κ1) is 20.6. The highest BCUT2D eigenvalue weighted by Gasteiger charge is 2.31. The van der Waals surface area contributed by atoms with E-state index in [9.17, 15) is 14.4 Å². The minimum Gasteiger partial charge on any atom is -0.384 e. The van der Waals surface area contributed by atoms with Crippen molar-refractivity contribution in [2.24, 2.45) is 7.05 Å². The molecule has 0 unspecified atom stereocenters. The van der Waals surface area contributed by atoms with Crippen LogP contribution in [0.5, 0.6) is 0 Å². The van der Waals surface area contributed by atoms with Gasteiger partial charge in [0.15, 0.2) is 16.8 Å². The molecular weight excluding hydrogens is 424 g/mol. The first-order chi connectivity index (χ1) is 14.4. The quantitative estimate of drug-likeness (QED) is 0.416. The van der Waals surface area contributed by atoms with Crippen LogP contribution < -0.4 is 17.0 Å². The van der Waals surface area contributed by atoms with E-state index in [-0.39, 0.29) is 17.1 Å². The van der Waals surface area contributed by atoms with Crippen molar-refractivity contribution < 1.29 is 4.79 Å². The summed E-state index contributed by atoms with van der Waals surface area (Å²) in [5, 5.41) is 11.2. The smallest absolute Gasteiger partial charge is 0.332 e. The number of anilines is 1. The summed E-state index contributed by atoms with van der Waals surface area (Å²) >= 11 is 2.83.